The van der Waals surface area contributed by atoms with E-state index in [1.807, 2.05) is 6.92 Å². The number of thioether (sulfide) groups is 1. The van der Waals surface area contributed by atoms with Crippen molar-refractivity contribution in [3.8, 4) is 0 Å². The van der Waals surface area contributed by atoms with Crippen LogP contribution < -0.4 is 5.32 Å². The van der Waals surface area contributed by atoms with Crippen LogP contribution in [0.3, 0.4) is 0 Å². The Balaban J connectivity index is 2.06. The Kier molecular flexibility index (Phi) is 2.68. The van der Waals surface area contributed by atoms with E-state index in [0.717, 1.165) is 23.1 Å². The molecule has 0 bridgehead atoms. The molecule has 0 saturated carbocycles. The fraction of sp³-hybridized carbons (Fsp3) is 0.333. The van der Waals surface area contributed by atoms with E-state index < -0.39 is 0 Å². The van der Waals surface area contributed by atoms with Crippen molar-refractivity contribution in [1.29, 1.82) is 0 Å². The molecule has 1 aromatic rings. The van der Waals surface area contributed by atoms with Crippen molar-refractivity contribution >= 4 is 22.9 Å². The number of carbonyl (C=O) groups excluding carboxylic acids is 2. The van der Waals surface area contributed by atoms with Gasteiger partial charge in [0.25, 0.3) is 5.24 Å². The van der Waals surface area contributed by atoms with Gasteiger partial charge in [-0.1, -0.05) is 11.8 Å². The second-order valence-electron chi connectivity index (χ2n) is 3.24. The first kappa shape index (κ1) is 10.1. The third-order valence-electron chi connectivity index (χ3n) is 2.00. The van der Waals surface area contributed by atoms with Gasteiger partial charge in [0.2, 0.25) is 5.91 Å². The van der Waals surface area contributed by atoms with Crippen LogP contribution in [0.4, 0.5) is 4.79 Å². The molecular weight excluding hydrogens is 214 g/mol. The lowest BCUT2D eigenvalue weighted by Crippen LogP contribution is -2.25. The van der Waals surface area contributed by atoms with Crippen LogP contribution in [-0.2, 0) is 11.2 Å². The molecule has 1 saturated heterocycles. The average molecular weight is 223 g/mol. The Bertz CT molecular complexity index is 404. The molecule has 1 atom stereocenters. The van der Waals surface area contributed by atoms with Crippen LogP contribution in [0.5, 0.6) is 0 Å². The lowest BCUT2D eigenvalue weighted by molar-refractivity contribution is -0.118. The lowest BCUT2D eigenvalue weighted by atomic mass is 10.2. The van der Waals surface area contributed by atoms with Crippen LogP contribution in [0, 0.1) is 6.92 Å². The number of nitrogens with zero attached hydrogens (tertiary/aromatic N) is 2. The van der Waals surface area contributed by atoms with Gasteiger partial charge in [0.15, 0.2) is 0 Å². The normalized spacial score (nSPS) is 20.5. The largest absolute Gasteiger partial charge is 0.286 e. The van der Waals surface area contributed by atoms with Crippen molar-refractivity contribution in [1.82, 2.24) is 15.3 Å². The molecule has 5 nitrogen and oxygen atoms in total. The summed E-state index contributed by atoms with van der Waals surface area (Å²) in [5.41, 5.74) is 1.56. The maximum atomic E-state index is 11.3. The first-order valence-corrected chi connectivity index (χ1v) is 5.32. The van der Waals surface area contributed by atoms with Gasteiger partial charge in [-0.2, -0.15) is 0 Å². The van der Waals surface area contributed by atoms with Crippen molar-refractivity contribution in [3.05, 3.63) is 23.8 Å². The van der Waals surface area contributed by atoms with E-state index >= 15 is 0 Å². The second kappa shape index (κ2) is 3.98. The first-order valence-electron chi connectivity index (χ1n) is 4.44. The molecule has 2 rings (SSSR count). The summed E-state index contributed by atoms with van der Waals surface area (Å²) in [4.78, 5) is 30.4. The van der Waals surface area contributed by atoms with Crippen molar-refractivity contribution in [2.45, 2.75) is 18.6 Å². The zero-order valence-corrected chi connectivity index (χ0v) is 8.87. The minimum Gasteiger partial charge on any atom is -0.286 e. The summed E-state index contributed by atoms with van der Waals surface area (Å²) in [7, 11) is 0. The zero-order valence-electron chi connectivity index (χ0n) is 8.06. The number of hydrogen-bond acceptors (Lipinski definition) is 5. The average Bonchev–Trinajstić information content (AvgIpc) is 2.49. The molecule has 15 heavy (non-hydrogen) atoms. The first-order chi connectivity index (χ1) is 7.15. The Morgan fingerprint density at radius 1 is 1.40 bits per heavy atom. The molecule has 2 amide bonds. The van der Waals surface area contributed by atoms with Crippen molar-refractivity contribution in [2.75, 3.05) is 0 Å². The van der Waals surface area contributed by atoms with Crippen LogP contribution in [0.25, 0.3) is 0 Å². The van der Waals surface area contributed by atoms with Crippen LogP contribution >= 0.6 is 11.8 Å². The predicted octanol–water partition coefficient (Wildman–Crippen LogP) is 0.679. The maximum Gasteiger partial charge on any atom is 0.286 e. The fourth-order valence-corrected chi connectivity index (χ4v) is 2.08. The number of carbonyl (C=O) groups is 2. The highest BCUT2D eigenvalue weighted by atomic mass is 32.2. The number of nitrogens with one attached hydrogen (secondary N) is 1. The van der Waals surface area contributed by atoms with Gasteiger partial charge in [-0.25, -0.2) is 0 Å². The summed E-state index contributed by atoms with van der Waals surface area (Å²) in [5.74, 6) is -0.243. The minimum atomic E-state index is -0.366. The van der Waals surface area contributed by atoms with Gasteiger partial charge < -0.3 is 0 Å². The fourth-order valence-electron chi connectivity index (χ4n) is 1.24. The summed E-state index contributed by atoms with van der Waals surface area (Å²) >= 11 is 1.01. The van der Waals surface area contributed by atoms with Crippen LogP contribution in [-0.4, -0.2) is 26.4 Å². The summed E-state index contributed by atoms with van der Waals surface area (Å²) < 4.78 is 0. The van der Waals surface area contributed by atoms with Gasteiger partial charge >= 0.3 is 0 Å². The van der Waals surface area contributed by atoms with E-state index in [2.05, 4.69) is 15.3 Å². The molecule has 1 aliphatic heterocycles. The number of amides is 2. The van der Waals surface area contributed by atoms with Crippen molar-refractivity contribution in [3.63, 3.8) is 0 Å². The zero-order chi connectivity index (χ0) is 10.8. The van der Waals surface area contributed by atoms with Gasteiger partial charge in [0, 0.05) is 18.8 Å². The standard InChI is InChI=1S/C9H9N3O2S/c1-5-3-11-6(4-10-5)2-7-8(13)12-9(14)15-7/h3-4,7H,2H2,1H3,(H,12,13,14). The summed E-state index contributed by atoms with van der Waals surface area (Å²) in [5, 5.41) is 1.58. The quantitative estimate of drug-likeness (QED) is 0.798. The summed E-state index contributed by atoms with van der Waals surface area (Å²) in [6, 6.07) is 0. The number of aryl methyl sites for hydroxylation is 1. The van der Waals surface area contributed by atoms with Gasteiger partial charge in [0.05, 0.1) is 16.6 Å². The second-order valence-corrected chi connectivity index (χ2v) is 4.41. The SMILES string of the molecule is Cc1cnc(CC2SC(=O)NC2=O)cn1. The third kappa shape index (κ3) is 2.33. The molecule has 1 unspecified atom stereocenters. The lowest BCUT2D eigenvalue weighted by Gasteiger charge is -2.03. The van der Waals surface area contributed by atoms with E-state index in [-0.39, 0.29) is 16.4 Å². The van der Waals surface area contributed by atoms with Crippen LogP contribution in [0.2, 0.25) is 0 Å². The Labute approximate surface area is 90.7 Å². The van der Waals surface area contributed by atoms with Gasteiger partial charge in [-0.3, -0.25) is 24.9 Å². The van der Waals surface area contributed by atoms with Crippen LogP contribution in [0.1, 0.15) is 11.4 Å². The molecule has 78 valence electrons. The maximum absolute atomic E-state index is 11.3. The molecule has 0 spiro atoms. The molecular formula is C9H9N3O2S. The minimum absolute atomic E-state index is 0.243. The molecule has 6 heteroatoms. The molecule has 1 N–H and O–H groups in total. The van der Waals surface area contributed by atoms with Gasteiger partial charge in [-0.05, 0) is 6.92 Å². The molecule has 0 radical (unpaired) electrons. The molecule has 0 aliphatic carbocycles. The van der Waals surface area contributed by atoms with E-state index in [1.54, 1.807) is 12.4 Å². The van der Waals surface area contributed by atoms with E-state index in [4.69, 9.17) is 0 Å². The Morgan fingerprint density at radius 2 is 2.20 bits per heavy atom. The van der Waals surface area contributed by atoms with E-state index in [9.17, 15) is 9.59 Å². The Morgan fingerprint density at radius 3 is 2.73 bits per heavy atom. The molecule has 1 aromatic heterocycles. The highest BCUT2D eigenvalue weighted by Crippen LogP contribution is 2.21. The van der Waals surface area contributed by atoms with Crippen LogP contribution in [0.15, 0.2) is 12.4 Å². The van der Waals surface area contributed by atoms with E-state index in [1.165, 1.54) is 0 Å². The summed E-state index contributed by atoms with van der Waals surface area (Å²) in [6.07, 6.45) is 3.72. The highest BCUT2D eigenvalue weighted by Gasteiger charge is 2.31. The van der Waals surface area contributed by atoms with Crippen molar-refractivity contribution < 1.29 is 9.59 Å². The molecule has 2 heterocycles. The highest BCUT2D eigenvalue weighted by molar-refractivity contribution is 8.15. The Hall–Kier alpha value is -1.43. The third-order valence-corrected chi connectivity index (χ3v) is 2.98. The topological polar surface area (TPSA) is 72.0 Å². The monoisotopic (exact) mass is 223 g/mol. The number of hydrogen-bond donors (Lipinski definition) is 1. The predicted molar refractivity (Wildman–Crippen MR) is 55.4 cm³/mol. The number of rotatable bonds is 2. The molecule has 1 fully saturated rings. The molecule has 0 aromatic carbocycles. The summed E-state index contributed by atoms with van der Waals surface area (Å²) in [6.45, 7) is 1.84. The smallest absolute Gasteiger partial charge is 0.286 e. The van der Waals surface area contributed by atoms with Gasteiger partial charge in [-0.15, -0.1) is 0 Å². The number of imide groups is 1. The van der Waals surface area contributed by atoms with Gasteiger partial charge in [0.1, 0.15) is 0 Å². The van der Waals surface area contributed by atoms with Crippen molar-refractivity contribution in [2.24, 2.45) is 0 Å². The molecule has 1 aliphatic rings. The van der Waals surface area contributed by atoms with E-state index in [0.29, 0.717) is 6.42 Å². The number of aromatic nitrogens is 2.